The van der Waals surface area contributed by atoms with Crippen LogP contribution in [0.4, 0.5) is 5.13 Å². The lowest BCUT2D eigenvalue weighted by Gasteiger charge is -2.00. The molecule has 0 spiro atoms. The Kier molecular flexibility index (Phi) is 4.63. The topological polar surface area (TPSA) is 34.1 Å². The Morgan fingerprint density at radius 1 is 1.24 bits per heavy atom. The minimum Gasteiger partial charge on any atom is -0.494 e. The van der Waals surface area contributed by atoms with Gasteiger partial charge >= 0.3 is 0 Å². The lowest BCUT2D eigenvalue weighted by Crippen LogP contribution is -2.03. The Bertz CT molecular complexity index is 738. The molecule has 0 aliphatic carbocycles. The van der Waals surface area contributed by atoms with Crippen LogP contribution in [0.25, 0.3) is 10.2 Å². The maximum Gasteiger partial charge on any atom is 0.183 e. The lowest BCUT2D eigenvalue weighted by atomic mass is 10.3. The minimum atomic E-state index is 0.679. The van der Waals surface area contributed by atoms with Crippen molar-refractivity contribution >= 4 is 49.6 Å². The van der Waals surface area contributed by atoms with Crippen molar-refractivity contribution in [3.05, 3.63) is 39.5 Å². The molecule has 0 bridgehead atoms. The molecule has 110 valence electrons. The van der Waals surface area contributed by atoms with E-state index in [2.05, 4.69) is 16.4 Å². The van der Waals surface area contributed by atoms with Gasteiger partial charge in [-0.2, -0.15) is 0 Å². The van der Waals surface area contributed by atoms with E-state index in [9.17, 15) is 0 Å². The molecular weight excluding hydrogens is 324 g/mol. The number of hydrogen-bond acceptors (Lipinski definition) is 5. The number of hydrogen-bond donors (Lipinski definition) is 1. The fourth-order valence-corrected chi connectivity index (χ4v) is 4.02. The highest BCUT2D eigenvalue weighted by Crippen LogP contribution is 2.29. The SMILES string of the molecule is CCOc1ccc2nc(NCCc3ccc(Cl)s3)sc2c1. The van der Waals surface area contributed by atoms with Crippen LogP contribution in [0.2, 0.25) is 4.34 Å². The van der Waals surface area contributed by atoms with Gasteiger partial charge in [0.25, 0.3) is 0 Å². The van der Waals surface area contributed by atoms with Gasteiger partial charge in [0.15, 0.2) is 5.13 Å². The molecule has 0 atom stereocenters. The number of thiophene rings is 1. The summed E-state index contributed by atoms with van der Waals surface area (Å²) in [5, 5.41) is 4.32. The maximum absolute atomic E-state index is 5.93. The summed E-state index contributed by atoms with van der Waals surface area (Å²) in [5.74, 6) is 0.897. The van der Waals surface area contributed by atoms with Crippen LogP contribution >= 0.6 is 34.3 Å². The highest BCUT2D eigenvalue weighted by Gasteiger charge is 2.05. The van der Waals surface area contributed by atoms with Crippen molar-refractivity contribution in [2.45, 2.75) is 13.3 Å². The van der Waals surface area contributed by atoms with E-state index < -0.39 is 0 Å². The molecule has 0 radical (unpaired) electrons. The van der Waals surface area contributed by atoms with Gasteiger partial charge in [-0.3, -0.25) is 0 Å². The van der Waals surface area contributed by atoms with Crippen molar-refractivity contribution in [1.82, 2.24) is 4.98 Å². The van der Waals surface area contributed by atoms with E-state index in [-0.39, 0.29) is 0 Å². The first-order valence-corrected chi connectivity index (χ1v) is 8.77. The molecule has 0 saturated carbocycles. The number of halogens is 1. The second-order valence-corrected chi connectivity index (χ2v) is 7.29. The Morgan fingerprint density at radius 2 is 2.14 bits per heavy atom. The van der Waals surface area contributed by atoms with Gasteiger partial charge < -0.3 is 10.1 Å². The average Bonchev–Trinajstić information content (AvgIpc) is 3.05. The van der Waals surface area contributed by atoms with Crippen LogP contribution < -0.4 is 10.1 Å². The molecule has 1 N–H and O–H groups in total. The van der Waals surface area contributed by atoms with Crippen LogP contribution in [-0.4, -0.2) is 18.1 Å². The molecule has 0 aliphatic heterocycles. The van der Waals surface area contributed by atoms with Crippen molar-refractivity contribution in [1.29, 1.82) is 0 Å². The highest BCUT2D eigenvalue weighted by atomic mass is 35.5. The third kappa shape index (κ3) is 3.67. The fourth-order valence-electron chi connectivity index (χ4n) is 2.02. The van der Waals surface area contributed by atoms with Gasteiger partial charge in [0, 0.05) is 11.4 Å². The molecule has 0 fully saturated rings. The number of fused-ring (bicyclic) bond motifs is 1. The third-order valence-corrected chi connectivity index (χ3v) is 5.21. The smallest absolute Gasteiger partial charge is 0.183 e. The minimum absolute atomic E-state index is 0.679. The van der Waals surface area contributed by atoms with E-state index in [1.807, 2.05) is 31.2 Å². The van der Waals surface area contributed by atoms with Gasteiger partial charge in [-0.1, -0.05) is 22.9 Å². The molecule has 2 heterocycles. The van der Waals surface area contributed by atoms with E-state index in [1.54, 1.807) is 22.7 Å². The Hall–Kier alpha value is -1.30. The van der Waals surface area contributed by atoms with E-state index in [0.29, 0.717) is 6.61 Å². The predicted octanol–water partition coefficient (Wildman–Crippen LogP) is 5.06. The third-order valence-electron chi connectivity index (χ3n) is 2.95. The maximum atomic E-state index is 5.93. The first-order chi connectivity index (χ1) is 10.2. The average molecular weight is 339 g/mol. The van der Waals surface area contributed by atoms with Crippen molar-refractivity contribution in [3.8, 4) is 5.75 Å². The standard InChI is InChI=1S/C15H15ClN2OS2/c1-2-19-10-3-5-12-13(9-10)21-15(18-12)17-8-7-11-4-6-14(16)20-11/h3-6,9H,2,7-8H2,1H3,(H,17,18). The summed E-state index contributed by atoms with van der Waals surface area (Å²) in [6.45, 7) is 3.52. The Labute approximate surface area is 136 Å². The van der Waals surface area contributed by atoms with Crippen molar-refractivity contribution < 1.29 is 4.74 Å². The lowest BCUT2D eigenvalue weighted by molar-refractivity contribution is 0.341. The van der Waals surface area contributed by atoms with Gasteiger partial charge in [0.05, 0.1) is 21.2 Å². The Morgan fingerprint density at radius 3 is 2.90 bits per heavy atom. The van der Waals surface area contributed by atoms with Crippen molar-refractivity contribution in [2.24, 2.45) is 0 Å². The molecule has 0 aliphatic rings. The van der Waals surface area contributed by atoms with Crippen LogP contribution in [0.5, 0.6) is 5.75 Å². The van der Waals surface area contributed by atoms with Gasteiger partial charge in [0.2, 0.25) is 0 Å². The zero-order valence-electron chi connectivity index (χ0n) is 11.6. The normalized spacial score (nSPS) is 11.0. The monoisotopic (exact) mass is 338 g/mol. The Balaban J connectivity index is 1.64. The molecule has 0 saturated heterocycles. The first kappa shape index (κ1) is 14.6. The van der Waals surface area contributed by atoms with Crippen LogP contribution in [0.3, 0.4) is 0 Å². The molecule has 3 nitrogen and oxygen atoms in total. The summed E-state index contributed by atoms with van der Waals surface area (Å²) in [4.78, 5) is 5.86. The molecule has 0 unspecified atom stereocenters. The van der Waals surface area contributed by atoms with Crippen molar-refractivity contribution in [3.63, 3.8) is 0 Å². The molecular formula is C15H15ClN2OS2. The first-order valence-electron chi connectivity index (χ1n) is 6.76. The van der Waals surface area contributed by atoms with Crippen LogP contribution in [0.15, 0.2) is 30.3 Å². The van der Waals surface area contributed by atoms with E-state index in [0.717, 1.165) is 38.4 Å². The second-order valence-electron chi connectivity index (χ2n) is 4.46. The van der Waals surface area contributed by atoms with Crippen molar-refractivity contribution in [2.75, 3.05) is 18.5 Å². The number of ether oxygens (including phenoxy) is 1. The molecule has 1 aromatic carbocycles. The quantitative estimate of drug-likeness (QED) is 0.681. The summed E-state index contributed by atoms with van der Waals surface area (Å²) >= 11 is 9.21. The molecule has 2 aromatic heterocycles. The molecule has 6 heteroatoms. The molecule has 0 amide bonds. The van der Waals surface area contributed by atoms with Gasteiger partial charge in [-0.25, -0.2) is 4.98 Å². The zero-order chi connectivity index (χ0) is 14.7. The van der Waals surface area contributed by atoms with E-state index in [4.69, 9.17) is 16.3 Å². The van der Waals surface area contributed by atoms with Crippen LogP contribution in [0, 0.1) is 0 Å². The predicted molar refractivity (Wildman–Crippen MR) is 92.3 cm³/mol. The second kappa shape index (κ2) is 6.64. The van der Waals surface area contributed by atoms with Crippen LogP contribution in [0.1, 0.15) is 11.8 Å². The molecule has 3 rings (SSSR count). The van der Waals surface area contributed by atoms with Gasteiger partial charge in [-0.15, -0.1) is 11.3 Å². The van der Waals surface area contributed by atoms with E-state index >= 15 is 0 Å². The summed E-state index contributed by atoms with van der Waals surface area (Å²) in [6.07, 6.45) is 0.956. The largest absolute Gasteiger partial charge is 0.494 e. The molecule has 3 aromatic rings. The zero-order valence-corrected chi connectivity index (χ0v) is 13.9. The van der Waals surface area contributed by atoms with Gasteiger partial charge in [0.1, 0.15) is 5.75 Å². The number of aromatic nitrogens is 1. The van der Waals surface area contributed by atoms with E-state index in [1.165, 1.54) is 4.88 Å². The van der Waals surface area contributed by atoms with Crippen LogP contribution in [-0.2, 0) is 6.42 Å². The number of thiazole rings is 1. The molecule has 21 heavy (non-hydrogen) atoms. The summed E-state index contributed by atoms with van der Waals surface area (Å²) < 4.78 is 7.49. The highest BCUT2D eigenvalue weighted by molar-refractivity contribution is 7.22. The number of benzene rings is 1. The van der Waals surface area contributed by atoms with Gasteiger partial charge in [-0.05, 0) is 43.7 Å². The fraction of sp³-hybridized carbons (Fsp3) is 0.267. The summed E-state index contributed by atoms with van der Waals surface area (Å²) in [5.41, 5.74) is 1.00. The number of nitrogens with zero attached hydrogens (tertiary/aromatic N) is 1. The number of anilines is 1. The number of nitrogens with one attached hydrogen (secondary N) is 1. The summed E-state index contributed by atoms with van der Waals surface area (Å²) in [7, 11) is 0. The number of rotatable bonds is 6. The summed E-state index contributed by atoms with van der Waals surface area (Å²) in [6, 6.07) is 10.0.